The number of thiazole rings is 1. The van der Waals surface area contributed by atoms with Gasteiger partial charge in [0.15, 0.2) is 10.7 Å². The van der Waals surface area contributed by atoms with Crippen molar-refractivity contribution in [1.82, 2.24) is 4.98 Å². The van der Waals surface area contributed by atoms with Crippen molar-refractivity contribution in [2.75, 3.05) is 13.9 Å². The van der Waals surface area contributed by atoms with E-state index in [1.807, 2.05) is 18.2 Å². The molecule has 0 aliphatic heterocycles. The third kappa shape index (κ3) is 1.95. The van der Waals surface area contributed by atoms with Crippen LogP contribution in [0.3, 0.4) is 0 Å². The van der Waals surface area contributed by atoms with Crippen LogP contribution < -0.4 is 4.74 Å². The van der Waals surface area contributed by atoms with Gasteiger partial charge in [-0.15, -0.1) is 11.3 Å². The largest absolute Gasteiger partial charge is 0.468 e. The predicted molar refractivity (Wildman–Crippen MR) is 59.5 cm³/mol. The average molecular weight is 227 g/mol. The quantitative estimate of drug-likeness (QED) is 0.646. The lowest BCUT2D eigenvalue weighted by atomic mass is 10.3. The zero-order valence-electron chi connectivity index (χ0n) is 7.57. The molecule has 1 heterocycles. The zero-order chi connectivity index (χ0) is 9.97. The van der Waals surface area contributed by atoms with E-state index in [1.54, 1.807) is 7.11 Å². The maximum atomic E-state index is 5.31. The number of rotatable bonds is 3. The zero-order valence-corrected chi connectivity index (χ0v) is 9.21. The van der Waals surface area contributed by atoms with Crippen LogP contribution in [0.5, 0.6) is 5.75 Å². The van der Waals surface area contributed by atoms with Gasteiger partial charge in [-0.2, -0.15) is 0 Å². The molecule has 0 aliphatic rings. The molecule has 1 aromatic heterocycles. The Balaban J connectivity index is 2.35. The van der Waals surface area contributed by atoms with Gasteiger partial charge >= 0.3 is 0 Å². The van der Waals surface area contributed by atoms with Crippen LogP contribution in [0.25, 0.3) is 10.2 Å². The normalized spacial score (nSPS) is 10.6. The molecule has 0 saturated heterocycles. The summed E-state index contributed by atoms with van der Waals surface area (Å²) in [5.74, 6) is 0.796. The van der Waals surface area contributed by atoms with Crippen molar-refractivity contribution in [3.63, 3.8) is 0 Å². The number of aromatic amines is 1. The first-order chi connectivity index (χ1) is 6.79. The van der Waals surface area contributed by atoms with E-state index in [9.17, 15) is 0 Å². The maximum Gasteiger partial charge on any atom is 0.188 e. The molecule has 0 aliphatic carbocycles. The number of benzene rings is 1. The predicted octanol–water partition coefficient (Wildman–Crippen LogP) is 2.94. The molecule has 0 spiro atoms. The number of aromatic nitrogens is 1. The van der Waals surface area contributed by atoms with Gasteiger partial charge in [-0.3, -0.25) is 0 Å². The minimum atomic E-state index is 0.265. The molecular weight excluding hydrogens is 218 g/mol. The fourth-order valence-electron chi connectivity index (χ4n) is 1.14. The van der Waals surface area contributed by atoms with E-state index < -0.39 is 0 Å². The topological polar surface area (TPSA) is 34.2 Å². The fraction of sp³-hybridized carbons (Fsp3) is 0.222. The molecule has 0 atom stereocenters. The van der Waals surface area contributed by atoms with Crippen LogP contribution in [0.15, 0.2) is 18.2 Å². The molecule has 74 valence electrons. The second kappa shape index (κ2) is 4.08. The number of H-pyrrole nitrogens is 1. The summed E-state index contributed by atoms with van der Waals surface area (Å²) in [4.78, 5) is 3.09. The molecule has 1 N–H and O–H groups in total. The fourth-order valence-corrected chi connectivity index (χ4v) is 2.29. The molecule has 3 nitrogen and oxygen atoms in total. The van der Waals surface area contributed by atoms with E-state index in [2.05, 4.69) is 4.98 Å². The van der Waals surface area contributed by atoms with E-state index in [1.165, 1.54) is 11.3 Å². The van der Waals surface area contributed by atoms with Crippen LogP contribution in [-0.2, 0) is 4.74 Å². The maximum absolute atomic E-state index is 5.31. The summed E-state index contributed by atoms with van der Waals surface area (Å²) >= 11 is 6.58. The van der Waals surface area contributed by atoms with Crippen molar-refractivity contribution in [2.45, 2.75) is 0 Å². The molecule has 2 aromatic rings. The molecule has 2 rings (SSSR count). The Labute approximate surface area is 90.3 Å². The molecule has 14 heavy (non-hydrogen) atoms. The van der Waals surface area contributed by atoms with E-state index in [0.717, 1.165) is 19.9 Å². The first-order valence-corrected chi connectivity index (χ1v) is 5.26. The van der Waals surface area contributed by atoms with Crippen LogP contribution in [-0.4, -0.2) is 18.9 Å². The minimum absolute atomic E-state index is 0.265. The highest BCUT2D eigenvalue weighted by atomic mass is 32.1. The van der Waals surface area contributed by atoms with Crippen molar-refractivity contribution >= 4 is 33.8 Å². The lowest BCUT2D eigenvalue weighted by Crippen LogP contribution is -1.98. The molecule has 0 bridgehead atoms. The monoisotopic (exact) mass is 227 g/mol. The van der Waals surface area contributed by atoms with E-state index in [-0.39, 0.29) is 6.79 Å². The van der Waals surface area contributed by atoms with Gasteiger partial charge in [0.2, 0.25) is 0 Å². The molecule has 0 saturated carbocycles. The number of hydrogen-bond acceptors (Lipinski definition) is 4. The van der Waals surface area contributed by atoms with Crippen molar-refractivity contribution in [1.29, 1.82) is 0 Å². The van der Waals surface area contributed by atoms with Crippen molar-refractivity contribution in [3.8, 4) is 5.75 Å². The van der Waals surface area contributed by atoms with Gasteiger partial charge in [0.05, 0.1) is 10.2 Å². The molecule has 1 aromatic carbocycles. The van der Waals surface area contributed by atoms with Crippen LogP contribution in [0.4, 0.5) is 0 Å². The van der Waals surface area contributed by atoms with E-state index in [0.29, 0.717) is 0 Å². The molecular formula is C9H9NO2S2. The highest BCUT2D eigenvalue weighted by Gasteiger charge is 1.99. The Bertz CT molecular complexity index is 489. The van der Waals surface area contributed by atoms with E-state index in [4.69, 9.17) is 21.7 Å². The number of fused-ring (bicyclic) bond motifs is 1. The number of nitrogens with one attached hydrogen (secondary N) is 1. The first kappa shape index (κ1) is 9.64. The number of hydrogen-bond donors (Lipinski definition) is 1. The third-order valence-electron chi connectivity index (χ3n) is 1.74. The van der Waals surface area contributed by atoms with Crippen molar-refractivity contribution < 1.29 is 9.47 Å². The minimum Gasteiger partial charge on any atom is -0.468 e. The molecule has 0 unspecified atom stereocenters. The van der Waals surface area contributed by atoms with Crippen LogP contribution in [0.1, 0.15) is 0 Å². The highest BCUT2D eigenvalue weighted by molar-refractivity contribution is 7.73. The summed E-state index contributed by atoms with van der Waals surface area (Å²) in [6.45, 7) is 0.265. The summed E-state index contributed by atoms with van der Waals surface area (Å²) in [6.07, 6.45) is 0. The van der Waals surface area contributed by atoms with Crippen LogP contribution in [0, 0.1) is 3.95 Å². The Kier molecular flexibility index (Phi) is 2.81. The molecule has 0 amide bonds. The lowest BCUT2D eigenvalue weighted by Gasteiger charge is -2.03. The lowest BCUT2D eigenvalue weighted by molar-refractivity contribution is 0.0512. The Morgan fingerprint density at radius 2 is 2.36 bits per heavy atom. The van der Waals surface area contributed by atoms with E-state index >= 15 is 0 Å². The van der Waals surface area contributed by atoms with Gasteiger partial charge in [0, 0.05) is 7.11 Å². The van der Waals surface area contributed by atoms with Gasteiger partial charge in [-0.25, -0.2) is 0 Å². The van der Waals surface area contributed by atoms with Crippen LogP contribution >= 0.6 is 23.6 Å². The smallest absolute Gasteiger partial charge is 0.188 e. The second-order valence-corrected chi connectivity index (χ2v) is 4.44. The summed E-state index contributed by atoms with van der Waals surface area (Å²) < 4.78 is 12.0. The average Bonchev–Trinajstić information content (AvgIpc) is 2.54. The summed E-state index contributed by atoms with van der Waals surface area (Å²) in [5, 5.41) is 0. The number of methoxy groups -OCH3 is 1. The van der Waals surface area contributed by atoms with Crippen LogP contribution in [0.2, 0.25) is 0 Å². The van der Waals surface area contributed by atoms with Gasteiger partial charge in [-0.05, 0) is 30.4 Å². The highest BCUT2D eigenvalue weighted by Crippen LogP contribution is 2.24. The summed E-state index contributed by atoms with van der Waals surface area (Å²) in [7, 11) is 1.60. The van der Waals surface area contributed by atoms with Gasteiger partial charge < -0.3 is 14.5 Å². The van der Waals surface area contributed by atoms with Gasteiger partial charge in [0.25, 0.3) is 0 Å². The third-order valence-corrected chi connectivity index (χ3v) is 2.93. The Morgan fingerprint density at radius 3 is 3.14 bits per heavy atom. The van der Waals surface area contributed by atoms with Gasteiger partial charge in [-0.1, -0.05) is 0 Å². The summed E-state index contributed by atoms with van der Waals surface area (Å²) in [5.41, 5.74) is 1.05. The standard InChI is InChI=1S/C9H9NO2S2/c1-11-5-12-6-2-3-7-8(4-6)14-9(13)10-7/h2-4H,5H2,1H3,(H,10,13). The first-order valence-electron chi connectivity index (χ1n) is 4.04. The Hall–Kier alpha value is -0.910. The summed E-state index contributed by atoms with van der Waals surface area (Å²) in [6, 6.07) is 5.79. The molecule has 0 radical (unpaired) electrons. The molecule has 5 heteroatoms. The van der Waals surface area contributed by atoms with Crippen molar-refractivity contribution in [2.24, 2.45) is 0 Å². The number of ether oxygens (including phenoxy) is 2. The second-order valence-electron chi connectivity index (χ2n) is 2.72. The van der Waals surface area contributed by atoms with Gasteiger partial charge in [0.1, 0.15) is 5.75 Å². The molecule has 0 fully saturated rings. The van der Waals surface area contributed by atoms with Crippen molar-refractivity contribution in [3.05, 3.63) is 22.2 Å². The Morgan fingerprint density at radius 1 is 1.50 bits per heavy atom. The SMILES string of the molecule is COCOc1ccc2[nH]c(=S)sc2c1.